The van der Waals surface area contributed by atoms with Gasteiger partial charge >= 0.3 is 11.9 Å². The molecule has 0 aliphatic carbocycles. The summed E-state index contributed by atoms with van der Waals surface area (Å²) in [5.41, 5.74) is 6.02. The van der Waals surface area contributed by atoms with Crippen molar-refractivity contribution in [2.45, 2.75) is 189 Å². The second-order valence-corrected chi connectivity index (χ2v) is 17.8. The Morgan fingerprint density at radius 1 is 0.692 bits per heavy atom. The van der Waals surface area contributed by atoms with Gasteiger partial charge in [0.15, 0.2) is 12.1 Å². The van der Waals surface area contributed by atoms with E-state index in [1.54, 1.807) is 38.2 Å². The van der Waals surface area contributed by atoms with E-state index in [1.807, 2.05) is 49.5 Å². The molecule has 2 fully saturated rings. The summed E-state index contributed by atoms with van der Waals surface area (Å²) in [6.07, 6.45) is 2.28. The van der Waals surface area contributed by atoms with Crippen LogP contribution >= 0.6 is 0 Å². The Morgan fingerprint density at radius 3 is 1.94 bits per heavy atom. The highest BCUT2D eigenvalue weighted by Gasteiger charge is 2.51. The van der Waals surface area contributed by atoms with Crippen LogP contribution in [0, 0.1) is 17.8 Å². The van der Waals surface area contributed by atoms with Gasteiger partial charge in [0, 0.05) is 31.1 Å². The van der Waals surface area contributed by atoms with Gasteiger partial charge in [-0.2, -0.15) is 0 Å². The zero-order chi connectivity index (χ0) is 48.4. The topological polar surface area (TPSA) is 320 Å². The fourth-order valence-electron chi connectivity index (χ4n) is 8.11. The maximum atomic E-state index is 12.6. The van der Waals surface area contributed by atoms with Crippen LogP contribution in [-0.2, 0) is 28.5 Å². The highest BCUT2D eigenvalue weighted by atomic mass is 16.7. The highest BCUT2D eigenvalue weighted by molar-refractivity contribution is 5.71. The van der Waals surface area contributed by atoms with Gasteiger partial charge in [0.25, 0.3) is 0 Å². The van der Waals surface area contributed by atoms with Gasteiger partial charge < -0.3 is 80.9 Å². The first kappa shape index (κ1) is 56.1. The maximum Gasteiger partial charge on any atom is 0.311 e. The number of nitrogens with two attached hydrogens (primary N) is 1. The zero-order valence-electron chi connectivity index (χ0n) is 37.8. The van der Waals surface area contributed by atoms with Crippen LogP contribution in [0.2, 0.25) is 0 Å². The lowest BCUT2D eigenvalue weighted by molar-refractivity contribution is -0.310. The van der Waals surface area contributed by atoms with E-state index in [-0.39, 0.29) is 38.0 Å². The van der Waals surface area contributed by atoms with E-state index in [0.717, 1.165) is 12.8 Å². The molecule has 19 atom stereocenters. The number of aliphatic hydroxyl groups is 10. The maximum absolute atomic E-state index is 12.6. The zero-order valence-corrected chi connectivity index (χ0v) is 37.8. The molecule has 0 spiro atoms. The number of hydrogen-bond acceptors (Lipinski definition) is 17. The van der Waals surface area contributed by atoms with Crippen LogP contribution in [0.4, 0.5) is 0 Å². The molecule has 18 unspecified atom stereocenters. The Kier molecular flexibility index (Phi) is 23.8. The molecule has 65 heavy (non-hydrogen) atoms. The molecule has 2 saturated heterocycles. The van der Waals surface area contributed by atoms with Crippen LogP contribution in [-0.4, -0.2) is 166 Å². The molecule has 18 nitrogen and oxygen atoms in total. The third kappa shape index (κ3) is 18.8. The molecule has 0 saturated carbocycles. The molecule has 0 aromatic rings. The molecule has 3 aliphatic heterocycles. The Hall–Kier alpha value is -3.18. The SMILES string of the molecule is CC1C=CC=CCCC=CC=CC=CC=CC(OC2OC(C)C(O)C(N)C2O)CC2O[C@](O)(CC(O)C(O)CCC(O)CC(O)CC(O)CC(=O)OC(C)C(C)C1O)CC(O)C2C(=O)O. The average molecular weight is 926 g/mol. The van der Waals surface area contributed by atoms with Gasteiger partial charge in [-0.05, 0) is 52.4 Å². The molecule has 3 aliphatic rings. The molecule has 0 amide bonds. The van der Waals surface area contributed by atoms with E-state index in [2.05, 4.69) is 0 Å². The molecular weight excluding hydrogens is 851 g/mol. The van der Waals surface area contributed by atoms with Crippen molar-refractivity contribution in [1.29, 1.82) is 0 Å². The molecule has 13 N–H and O–H groups in total. The minimum absolute atomic E-state index is 0.138. The van der Waals surface area contributed by atoms with Gasteiger partial charge in [-0.1, -0.05) is 86.8 Å². The van der Waals surface area contributed by atoms with E-state index in [4.69, 9.17) is 24.7 Å². The largest absolute Gasteiger partial charge is 0.481 e. The minimum atomic E-state index is -2.35. The number of ether oxygens (including phenoxy) is 4. The van der Waals surface area contributed by atoms with Crippen LogP contribution in [0.5, 0.6) is 0 Å². The number of carbonyl (C=O) groups is 2. The highest BCUT2D eigenvalue weighted by Crippen LogP contribution is 2.38. The second kappa shape index (κ2) is 27.6. The van der Waals surface area contributed by atoms with Crippen molar-refractivity contribution in [3.8, 4) is 0 Å². The number of fused-ring (bicyclic) bond motifs is 2. The van der Waals surface area contributed by atoms with Gasteiger partial charge in [-0.25, -0.2) is 0 Å². The summed E-state index contributed by atoms with van der Waals surface area (Å²) in [6.45, 7) is 6.78. The molecule has 18 heteroatoms. The van der Waals surface area contributed by atoms with Crippen molar-refractivity contribution in [2.75, 3.05) is 0 Å². The number of esters is 1. The lowest BCUT2D eigenvalue weighted by Crippen LogP contribution is -2.61. The van der Waals surface area contributed by atoms with Crippen molar-refractivity contribution in [3.05, 3.63) is 72.9 Å². The number of allylic oxidation sites excluding steroid dienone is 10. The first-order valence-electron chi connectivity index (χ1n) is 22.6. The smallest absolute Gasteiger partial charge is 0.311 e. The summed E-state index contributed by atoms with van der Waals surface area (Å²) < 4.78 is 23.2. The summed E-state index contributed by atoms with van der Waals surface area (Å²) in [5.74, 6) is -6.82. The van der Waals surface area contributed by atoms with Crippen LogP contribution in [0.1, 0.15) is 91.9 Å². The van der Waals surface area contributed by atoms with Crippen LogP contribution in [0.25, 0.3) is 0 Å². The molecule has 3 rings (SSSR count). The van der Waals surface area contributed by atoms with Gasteiger partial charge in [0.1, 0.15) is 18.1 Å². The lowest BCUT2D eigenvalue weighted by Gasteiger charge is -2.45. The van der Waals surface area contributed by atoms with Crippen molar-refractivity contribution in [3.63, 3.8) is 0 Å². The first-order chi connectivity index (χ1) is 30.6. The summed E-state index contributed by atoms with van der Waals surface area (Å²) in [5, 5.41) is 118. The quantitative estimate of drug-likeness (QED) is 0.175. The van der Waals surface area contributed by atoms with E-state index in [1.165, 1.54) is 13.0 Å². The number of carboxylic acids is 1. The van der Waals surface area contributed by atoms with Crippen molar-refractivity contribution >= 4 is 11.9 Å². The summed E-state index contributed by atoms with van der Waals surface area (Å²) in [7, 11) is 0. The fraction of sp³-hybridized carbons (Fsp3) is 0.702. The average Bonchev–Trinajstić information content (AvgIpc) is 3.21. The summed E-state index contributed by atoms with van der Waals surface area (Å²) in [6, 6.07) is -1.14. The summed E-state index contributed by atoms with van der Waals surface area (Å²) >= 11 is 0. The van der Waals surface area contributed by atoms with Gasteiger partial charge in [-0.3, -0.25) is 9.59 Å². The van der Waals surface area contributed by atoms with Crippen molar-refractivity contribution < 1.29 is 84.7 Å². The number of carboxylic acid groups (broad SMARTS) is 1. The van der Waals surface area contributed by atoms with Gasteiger partial charge in [0.05, 0.1) is 79.6 Å². The van der Waals surface area contributed by atoms with Crippen LogP contribution in [0.15, 0.2) is 72.9 Å². The third-order valence-corrected chi connectivity index (χ3v) is 12.2. The number of hydrogen-bond donors (Lipinski definition) is 12. The molecule has 2 bridgehead atoms. The van der Waals surface area contributed by atoms with E-state index in [9.17, 15) is 65.8 Å². The monoisotopic (exact) mass is 926 g/mol. The first-order valence-corrected chi connectivity index (χ1v) is 22.6. The Labute approximate surface area is 381 Å². The Balaban J connectivity index is 1.84. The van der Waals surface area contributed by atoms with Crippen LogP contribution in [0.3, 0.4) is 0 Å². The number of aliphatic hydroxyl groups excluding tert-OH is 9. The standard InChI is InChI=1S/C47H75NO17/c1-27-17-15-13-11-9-7-5-6-8-10-12-14-16-18-34(64-46-44(58)41(48)43(57)30(4)63-46)24-38-40(45(59)60)37(54)26-47(61,65-38)25-36(53)35(52)20-19-31(49)21-32(50)22-33(51)23-39(55)62-29(3)28(2)42(27)56/h5-6,8,10-18,27-38,40-44,46,49-54,56-58,61H,7,9,19-26,48H2,1-4H3,(H,59,60)/t27?,28?,29?,30?,31?,32?,33?,34?,35?,36?,37?,38?,40?,41?,42?,43?,44?,46?,47-/m1/s1. The molecule has 0 radical (unpaired) electrons. The minimum Gasteiger partial charge on any atom is -0.481 e. The molecule has 3 heterocycles. The Bertz CT molecular complexity index is 1620. The van der Waals surface area contributed by atoms with Crippen molar-refractivity contribution in [1.82, 2.24) is 0 Å². The number of rotatable bonds is 3. The second-order valence-electron chi connectivity index (χ2n) is 17.8. The molecule has 0 aromatic heterocycles. The third-order valence-electron chi connectivity index (χ3n) is 12.2. The normalized spacial score (nSPS) is 42.3. The van der Waals surface area contributed by atoms with Gasteiger partial charge in [0.2, 0.25) is 0 Å². The Morgan fingerprint density at radius 2 is 1.28 bits per heavy atom. The number of aliphatic carboxylic acids is 1. The molecule has 0 aromatic carbocycles. The van der Waals surface area contributed by atoms with E-state index >= 15 is 0 Å². The van der Waals surface area contributed by atoms with E-state index in [0.29, 0.717) is 0 Å². The molecule has 370 valence electrons. The summed E-state index contributed by atoms with van der Waals surface area (Å²) in [4.78, 5) is 25.1. The predicted molar refractivity (Wildman–Crippen MR) is 237 cm³/mol. The van der Waals surface area contributed by atoms with Crippen LogP contribution < -0.4 is 5.73 Å². The molecular formula is C47H75NO17. The van der Waals surface area contributed by atoms with Gasteiger partial charge in [-0.15, -0.1) is 0 Å². The lowest BCUT2D eigenvalue weighted by atomic mass is 9.82. The predicted octanol–water partition coefficient (Wildman–Crippen LogP) is 0.936. The number of cyclic esters (lactones) is 1. The fourth-order valence-corrected chi connectivity index (χ4v) is 8.11. The van der Waals surface area contributed by atoms with Crippen molar-refractivity contribution in [2.24, 2.45) is 23.5 Å². The number of carbonyl (C=O) groups excluding carboxylic acids is 1. The van der Waals surface area contributed by atoms with E-state index < -0.39 is 141 Å².